The molecule has 1 aliphatic rings. The van der Waals surface area contributed by atoms with Gasteiger partial charge < -0.3 is 5.32 Å². The van der Waals surface area contributed by atoms with E-state index in [2.05, 4.69) is 5.32 Å². The first-order chi connectivity index (χ1) is 6.77. The van der Waals surface area contributed by atoms with Crippen LogP contribution in [-0.4, -0.2) is 12.3 Å². The highest BCUT2D eigenvalue weighted by Gasteiger charge is 2.18. The Kier molecular flexibility index (Phi) is 3.31. The highest BCUT2D eigenvalue weighted by molar-refractivity contribution is 7.99. The monoisotopic (exact) mass is 231 g/mol. The fraction of sp³-hybridized carbons (Fsp3) is 0.400. The molecule has 0 saturated carbocycles. The van der Waals surface area contributed by atoms with Gasteiger partial charge in [-0.2, -0.15) is 0 Å². The molecule has 1 nitrogen and oxygen atoms in total. The Morgan fingerprint density at radius 3 is 3.00 bits per heavy atom. The number of benzene rings is 1. The van der Waals surface area contributed by atoms with Crippen molar-refractivity contribution in [2.24, 2.45) is 0 Å². The van der Waals surface area contributed by atoms with Crippen molar-refractivity contribution in [1.29, 1.82) is 0 Å². The normalized spacial score (nSPS) is 22.3. The maximum Gasteiger partial charge on any atom is 0.130 e. The molecule has 14 heavy (non-hydrogen) atoms. The van der Waals surface area contributed by atoms with Gasteiger partial charge in [0.25, 0.3) is 0 Å². The van der Waals surface area contributed by atoms with Gasteiger partial charge in [-0.3, -0.25) is 0 Å². The zero-order valence-electron chi connectivity index (χ0n) is 7.59. The Morgan fingerprint density at radius 2 is 2.36 bits per heavy atom. The molecule has 76 valence electrons. The van der Waals surface area contributed by atoms with Crippen LogP contribution in [-0.2, 0) is 0 Å². The number of rotatable bonds is 1. The summed E-state index contributed by atoms with van der Waals surface area (Å²) in [5.41, 5.74) is 0.708. The Balaban J connectivity index is 2.22. The molecule has 4 heteroatoms. The molecule has 1 aliphatic heterocycles. The van der Waals surface area contributed by atoms with E-state index < -0.39 is 0 Å². The van der Waals surface area contributed by atoms with E-state index in [4.69, 9.17) is 11.6 Å². The third kappa shape index (κ3) is 2.22. The van der Waals surface area contributed by atoms with Gasteiger partial charge in [-0.05, 0) is 30.9 Å². The molecule has 0 bridgehead atoms. The van der Waals surface area contributed by atoms with E-state index in [1.54, 1.807) is 23.9 Å². The summed E-state index contributed by atoms with van der Waals surface area (Å²) in [6.45, 7) is 0.958. The summed E-state index contributed by atoms with van der Waals surface area (Å²) in [5.74, 6) is 0.865. The van der Waals surface area contributed by atoms with Gasteiger partial charge in [0.05, 0.1) is 5.37 Å². The Morgan fingerprint density at radius 1 is 1.50 bits per heavy atom. The smallest absolute Gasteiger partial charge is 0.130 e. The van der Waals surface area contributed by atoms with E-state index in [1.165, 1.54) is 6.07 Å². The first kappa shape index (κ1) is 10.3. The van der Waals surface area contributed by atoms with Crippen LogP contribution in [0.3, 0.4) is 0 Å². The number of nitrogens with one attached hydrogen (secondary N) is 1. The summed E-state index contributed by atoms with van der Waals surface area (Å²) in [6.07, 6.45) is 1.15. The Labute approximate surface area is 92.0 Å². The average Bonchev–Trinajstić information content (AvgIpc) is 2.19. The molecule has 0 spiro atoms. The molecule has 0 radical (unpaired) electrons. The van der Waals surface area contributed by atoms with Crippen LogP contribution in [0.2, 0.25) is 5.02 Å². The number of hydrogen-bond donors (Lipinski definition) is 1. The number of thioether (sulfide) groups is 1. The van der Waals surface area contributed by atoms with Gasteiger partial charge >= 0.3 is 0 Å². The van der Waals surface area contributed by atoms with E-state index >= 15 is 0 Å². The lowest BCUT2D eigenvalue weighted by atomic mass is 10.2. The van der Waals surface area contributed by atoms with Crippen LogP contribution < -0.4 is 5.32 Å². The second-order valence-electron chi connectivity index (χ2n) is 3.22. The molecule has 1 N–H and O–H groups in total. The predicted octanol–water partition coefficient (Wildman–Crippen LogP) is 3.20. The molecular formula is C10H11ClFNS. The molecule has 2 rings (SSSR count). The van der Waals surface area contributed by atoms with E-state index in [0.717, 1.165) is 18.7 Å². The maximum absolute atomic E-state index is 13.5. The van der Waals surface area contributed by atoms with Crippen LogP contribution in [0.25, 0.3) is 0 Å². The van der Waals surface area contributed by atoms with Crippen molar-refractivity contribution >= 4 is 23.4 Å². The molecule has 1 aromatic carbocycles. The fourth-order valence-corrected chi connectivity index (χ4v) is 2.79. The van der Waals surface area contributed by atoms with E-state index in [9.17, 15) is 4.39 Å². The van der Waals surface area contributed by atoms with Gasteiger partial charge in [-0.25, -0.2) is 4.39 Å². The van der Waals surface area contributed by atoms with Gasteiger partial charge in [-0.15, -0.1) is 11.8 Å². The summed E-state index contributed by atoms with van der Waals surface area (Å²) in [7, 11) is 0. The molecule has 1 unspecified atom stereocenters. The van der Waals surface area contributed by atoms with Crippen molar-refractivity contribution in [3.8, 4) is 0 Å². The molecule has 1 fully saturated rings. The van der Waals surface area contributed by atoms with Gasteiger partial charge in [0, 0.05) is 10.6 Å². The second kappa shape index (κ2) is 4.51. The van der Waals surface area contributed by atoms with E-state index in [-0.39, 0.29) is 11.2 Å². The van der Waals surface area contributed by atoms with Gasteiger partial charge in [0.2, 0.25) is 0 Å². The summed E-state index contributed by atoms with van der Waals surface area (Å²) in [6, 6.07) is 4.86. The highest BCUT2D eigenvalue weighted by Crippen LogP contribution is 2.31. The lowest BCUT2D eigenvalue weighted by Crippen LogP contribution is -2.25. The van der Waals surface area contributed by atoms with Crippen molar-refractivity contribution in [1.82, 2.24) is 5.32 Å². The highest BCUT2D eigenvalue weighted by atomic mass is 35.5. The second-order valence-corrected chi connectivity index (χ2v) is 4.87. The van der Waals surface area contributed by atoms with Gasteiger partial charge in [0.1, 0.15) is 5.82 Å². The summed E-state index contributed by atoms with van der Waals surface area (Å²) in [4.78, 5) is 0. The third-order valence-corrected chi connectivity index (χ3v) is 3.69. The quantitative estimate of drug-likeness (QED) is 0.797. The topological polar surface area (TPSA) is 12.0 Å². The molecule has 1 atom stereocenters. The van der Waals surface area contributed by atoms with Crippen LogP contribution in [0, 0.1) is 5.82 Å². The lowest BCUT2D eigenvalue weighted by molar-refractivity contribution is 0.574. The summed E-state index contributed by atoms with van der Waals surface area (Å²) >= 11 is 7.43. The van der Waals surface area contributed by atoms with Crippen LogP contribution >= 0.6 is 23.4 Å². The first-order valence-electron chi connectivity index (χ1n) is 4.57. The lowest BCUT2D eigenvalue weighted by Gasteiger charge is -2.23. The maximum atomic E-state index is 13.5. The van der Waals surface area contributed by atoms with Crippen LogP contribution in [0.4, 0.5) is 4.39 Å². The molecule has 1 saturated heterocycles. The minimum atomic E-state index is -0.218. The molecule has 0 amide bonds. The van der Waals surface area contributed by atoms with Crippen LogP contribution in [0.15, 0.2) is 18.2 Å². The minimum Gasteiger partial charge on any atom is -0.302 e. The average molecular weight is 232 g/mol. The molecule has 1 heterocycles. The zero-order chi connectivity index (χ0) is 9.97. The number of hydrogen-bond acceptors (Lipinski definition) is 2. The van der Waals surface area contributed by atoms with Crippen LogP contribution in [0.1, 0.15) is 17.4 Å². The van der Waals surface area contributed by atoms with Crippen molar-refractivity contribution in [3.63, 3.8) is 0 Å². The minimum absolute atomic E-state index is 0.0843. The molecule has 0 aliphatic carbocycles. The van der Waals surface area contributed by atoms with E-state index in [0.29, 0.717) is 10.6 Å². The third-order valence-electron chi connectivity index (χ3n) is 2.18. The molecule has 1 aromatic rings. The zero-order valence-corrected chi connectivity index (χ0v) is 9.17. The van der Waals surface area contributed by atoms with Gasteiger partial charge in [0.15, 0.2) is 0 Å². The number of halogens is 2. The standard InChI is InChI=1S/C10H11ClFNS/c11-7-2-3-8(9(12)6-7)10-13-4-1-5-14-10/h2-3,6,10,13H,1,4-5H2. The fourth-order valence-electron chi connectivity index (χ4n) is 1.48. The molecule has 0 aromatic heterocycles. The van der Waals surface area contributed by atoms with Crippen LogP contribution in [0.5, 0.6) is 0 Å². The van der Waals surface area contributed by atoms with Crippen molar-refractivity contribution in [3.05, 3.63) is 34.6 Å². The SMILES string of the molecule is Fc1cc(Cl)ccc1C1NCCCS1. The van der Waals surface area contributed by atoms with Crippen molar-refractivity contribution in [2.45, 2.75) is 11.8 Å². The van der Waals surface area contributed by atoms with Crippen molar-refractivity contribution < 1.29 is 4.39 Å². The van der Waals surface area contributed by atoms with Gasteiger partial charge in [-0.1, -0.05) is 17.7 Å². The van der Waals surface area contributed by atoms with E-state index in [1.807, 2.05) is 0 Å². The molecular weight excluding hydrogens is 221 g/mol. The largest absolute Gasteiger partial charge is 0.302 e. The van der Waals surface area contributed by atoms with Crippen molar-refractivity contribution in [2.75, 3.05) is 12.3 Å². The Bertz CT molecular complexity index is 326. The Hall–Kier alpha value is -0.250. The summed E-state index contributed by atoms with van der Waals surface area (Å²) < 4.78 is 13.5. The summed E-state index contributed by atoms with van der Waals surface area (Å²) in [5, 5.41) is 3.81. The predicted molar refractivity (Wildman–Crippen MR) is 59.2 cm³/mol. The first-order valence-corrected chi connectivity index (χ1v) is 6.00.